The van der Waals surface area contributed by atoms with Gasteiger partial charge in [0.05, 0.1) is 24.4 Å². The Kier molecular flexibility index (Phi) is 7.68. The van der Waals surface area contributed by atoms with E-state index in [2.05, 4.69) is 44.1 Å². The van der Waals surface area contributed by atoms with Gasteiger partial charge in [-0.15, -0.1) is 0 Å². The van der Waals surface area contributed by atoms with Crippen LogP contribution in [0, 0.1) is 0 Å². The largest absolute Gasteiger partial charge is 0.492 e. The molecule has 0 fully saturated rings. The van der Waals surface area contributed by atoms with E-state index < -0.39 is 0 Å². The smallest absolute Gasteiger partial charge is 0.137 e. The molecule has 0 bridgehead atoms. The third-order valence-corrected chi connectivity index (χ3v) is 3.74. The van der Waals surface area contributed by atoms with E-state index in [9.17, 15) is 0 Å². The van der Waals surface area contributed by atoms with Crippen LogP contribution in [0.3, 0.4) is 0 Å². The standard InChI is InChI=1S/C17H30N2O2/c1-6-10-20-15-11-14(12-18-13-15)16(19-8-3)17(5,7-2)21-9-4/h11-13,16,19H,6-10H2,1-5H3. The van der Waals surface area contributed by atoms with Crippen molar-refractivity contribution in [2.75, 3.05) is 19.8 Å². The molecule has 0 saturated heterocycles. The number of nitrogens with one attached hydrogen (secondary N) is 1. The number of nitrogens with zero attached hydrogens (tertiary/aromatic N) is 1. The van der Waals surface area contributed by atoms with E-state index in [1.54, 1.807) is 6.20 Å². The Labute approximate surface area is 129 Å². The maximum absolute atomic E-state index is 6.04. The summed E-state index contributed by atoms with van der Waals surface area (Å²) in [4.78, 5) is 4.33. The van der Waals surface area contributed by atoms with Crippen molar-refractivity contribution in [3.63, 3.8) is 0 Å². The van der Waals surface area contributed by atoms with E-state index in [1.807, 2.05) is 13.1 Å². The Morgan fingerprint density at radius 3 is 2.57 bits per heavy atom. The zero-order valence-corrected chi connectivity index (χ0v) is 14.1. The molecule has 120 valence electrons. The fourth-order valence-electron chi connectivity index (χ4n) is 2.50. The number of rotatable bonds is 10. The third-order valence-electron chi connectivity index (χ3n) is 3.74. The molecule has 0 amide bonds. The van der Waals surface area contributed by atoms with Crippen LogP contribution in [0.15, 0.2) is 18.5 Å². The lowest BCUT2D eigenvalue weighted by molar-refractivity contribution is -0.0561. The molecule has 2 atom stereocenters. The van der Waals surface area contributed by atoms with E-state index in [0.717, 1.165) is 30.7 Å². The lowest BCUT2D eigenvalue weighted by atomic mass is 9.88. The summed E-state index contributed by atoms with van der Waals surface area (Å²) < 4.78 is 11.7. The molecule has 0 saturated carbocycles. The minimum Gasteiger partial charge on any atom is -0.492 e. The van der Waals surface area contributed by atoms with Gasteiger partial charge in [0.2, 0.25) is 0 Å². The van der Waals surface area contributed by atoms with Gasteiger partial charge in [-0.2, -0.15) is 0 Å². The van der Waals surface area contributed by atoms with Crippen LogP contribution in [0.2, 0.25) is 0 Å². The van der Waals surface area contributed by atoms with Gasteiger partial charge in [0, 0.05) is 12.8 Å². The maximum atomic E-state index is 6.04. The molecule has 0 aliphatic rings. The van der Waals surface area contributed by atoms with E-state index >= 15 is 0 Å². The van der Waals surface area contributed by atoms with Gasteiger partial charge < -0.3 is 14.8 Å². The van der Waals surface area contributed by atoms with Crippen molar-refractivity contribution in [3.8, 4) is 5.75 Å². The summed E-state index contributed by atoms with van der Waals surface area (Å²) in [5.41, 5.74) is 0.860. The summed E-state index contributed by atoms with van der Waals surface area (Å²) in [6.07, 6.45) is 5.59. The van der Waals surface area contributed by atoms with Gasteiger partial charge in [-0.3, -0.25) is 4.98 Å². The molecular formula is C17H30N2O2. The molecule has 1 aromatic rings. The number of likely N-dealkylation sites (N-methyl/N-ethyl adjacent to an activating group) is 1. The quantitative estimate of drug-likeness (QED) is 0.714. The van der Waals surface area contributed by atoms with E-state index in [-0.39, 0.29) is 11.6 Å². The summed E-state index contributed by atoms with van der Waals surface area (Å²) in [7, 11) is 0. The molecule has 4 heteroatoms. The molecule has 0 aliphatic heterocycles. The molecule has 0 spiro atoms. The van der Waals surface area contributed by atoms with Crippen molar-refractivity contribution in [2.45, 2.75) is 59.1 Å². The molecule has 0 radical (unpaired) electrons. The third kappa shape index (κ3) is 4.97. The molecule has 2 unspecified atom stereocenters. The van der Waals surface area contributed by atoms with E-state index in [1.165, 1.54) is 0 Å². The predicted octanol–water partition coefficient (Wildman–Crippen LogP) is 3.73. The first-order valence-electron chi connectivity index (χ1n) is 8.06. The van der Waals surface area contributed by atoms with Crippen LogP contribution in [0.1, 0.15) is 59.1 Å². The van der Waals surface area contributed by atoms with Gasteiger partial charge >= 0.3 is 0 Å². The first-order chi connectivity index (χ1) is 10.1. The highest BCUT2D eigenvalue weighted by Crippen LogP contribution is 2.33. The maximum Gasteiger partial charge on any atom is 0.137 e. The lowest BCUT2D eigenvalue weighted by Gasteiger charge is -2.37. The molecule has 1 aromatic heterocycles. The van der Waals surface area contributed by atoms with Crippen molar-refractivity contribution in [3.05, 3.63) is 24.0 Å². The second-order valence-corrected chi connectivity index (χ2v) is 5.39. The highest BCUT2D eigenvalue weighted by molar-refractivity contribution is 5.28. The topological polar surface area (TPSA) is 43.4 Å². The van der Waals surface area contributed by atoms with Crippen molar-refractivity contribution in [1.82, 2.24) is 10.3 Å². The minimum atomic E-state index is -0.254. The number of aromatic nitrogens is 1. The van der Waals surface area contributed by atoms with E-state index in [4.69, 9.17) is 9.47 Å². The van der Waals surface area contributed by atoms with Gasteiger partial charge in [0.15, 0.2) is 0 Å². The van der Waals surface area contributed by atoms with Crippen LogP contribution in [0.25, 0.3) is 0 Å². The Morgan fingerprint density at radius 1 is 1.24 bits per heavy atom. The number of hydrogen-bond donors (Lipinski definition) is 1. The average molecular weight is 294 g/mol. The Morgan fingerprint density at radius 2 is 2.00 bits per heavy atom. The van der Waals surface area contributed by atoms with Gasteiger partial charge in [-0.1, -0.05) is 20.8 Å². The first-order valence-corrected chi connectivity index (χ1v) is 8.06. The zero-order valence-electron chi connectivity index (χ0n) is 14.1. The van der Waals surface area contributed by atoms with Crippen molar-refractivity contribution in [2.24, 2.45) is 0 Å². The molecule has 0 aromatic carbocycles. The number of ether oxygens (including phenoxy) is 2. The van der Waals surface area contributed by atoms with Crippen molar-refractivity contribution in [1.29, 1.82) is 0 Å². The Bertz CT molecular complexity index is 412. The monoisotopic (exact) mass is 294 g/mol. The fraction of sp³-hybridized carbons (Fsp3) is 0.706. The van der Waals surface area contributed by atoms with E-state index in [0.29, 0.717) is 13.2 Å². The van der Waals surface area contributed by atoms with Crippen LogP contribution < -0.4 is 10.1 Å². The van der Waals surface area contributed by atoms with Crippen molar-refractivity contribution >= 4 is 0 Å². The molecule has 0 aliphatic carbocycles. The highest BCUT2D eigenvalue weighted by atomic mass is 16.5. The number of hydrogen-bond acceptors (Lipinski definition) is 4. The normalized spacial score (nSPS) is 15.5. The highest BCUT2D eigenvalue weighted by Gasteiger charge is 2.34. The minimum absolute atomic E-state index is 0.102. The van der Waals surface area contributed by atoms with Crippen LogP contribution in [-0.2, 0) is 4.74 Å². The van der Waals surface area contributed by atoms with Crippen LogP contribution >= 0.6 is 0 Å². The second-order valence-electron chi connectivity index (χ2n) is 5.39. The first kappa shape index (κ1) is 17.9. The van der Waals surface area contributed by atoms with Crippen LogP contribution in [0.4, 0.5) is 0 Å². The molecule has 1 rings (SSSR count). The van der Waals surface area contributed by atoms with Gasteiger partial charge in [0.1, 0.15) is 5.75 Å². The molecule has 21 heavy (non-hydrogen) atoms. The molecule has 4 nitrogen and oxygen atoms in total. The summed E-state index contributed by atoms with van der Waals surface area (Å²) in [6.45, 7) is 12.9. The Balaban J connectivity index is 3.03. The molecule has 1 heterocycles. The molecule has 1 N–H and O–H groups in total. The molecular weight excluding hydrogens is 264 g/mol. The fourth-order valence-corrected chi connectivity index (χ4v) is 2.50. The zero-order chi connectivity index (χ0) is 15.7. The van der Waals surface area contributed by atoms with Gasteiger partial charge in [-0.05, 0) is 44.9 Å². The van der Waals surface area contributed by atoms with Gasteiger partial charge in [0.25, 0.3) is 0 Å². The van der Waals surface area contributed by atoms with Crippen molar-refractivity contribution < 1.29 is 9.47 Å². The summed E-state index contributed by atoms with van der Waals surface area (Å²) in [5.74, 6) is 0.826. The average Bonchev–Trinajstić information content (AvgIpc) is 2.51. The summed E-state index contributed by atoms with van der Waals surface area (Å²) in [5, 5.41) is 3.54. The summed E-state index contributed by atoms with van der Waals surface area (Å²) in [6, 6.07) is 2.17. The predicted molar refractivity (Wildman–Crippen MR) is 86.8 cm³/mol. The van der Waals surface area contributed by atoms with Crippen LogP contribution in [-0.4, -0.2) is 30.3 Å². The Hall–Kier alpha value is -1.13. The van der Waals surface area contributed by atoms with Crippen LogP contribution in [0.5, 0.6) is 5.75 Å². The number of pyridine rings is 1. The second kappa shape index (κ2) is 9.00. The lowest BCUT2D eigenvalue weighted by Crippen LogP contribution is -2.43. The van der Waals surface area contributed by atoms with Gasteiger partial charge in [-0.25, -0.2) is 0 Å². The SMILES string of the molecule is CCCOc1cncc(C(NCC)C(C)(CC)OCC)c1. The summed E-state index contributed by atoms with van der Waals surface area (Å²) >= 11 is 0.